The van der Waals surface area contributed by atoms with Gasteiger partial charge >= 0.3 is 5.97 Å². The average Bonchev–Trinajstić information content (AvgIpc) is 2.33. The van der Waals surface area contributed by atoms with Crippen LogP contribution < -0.4 is 5.32 Å². The third-order valence-electron chi connectivity index (χ3n) is 3.36. The maximum absolute atomic E-state index is 11.8. The molecule has 0 aromatic rings. The fourth-order valence-electron chi connectivity index (χ4n) is 2.21. The summed E-state index contributed by atoms with van der Waals surface area (Å²) in [5.74, 6) is 0.571. The number of likely N-dealkylation sites (N-methyl/N-ethyl adjacent to an activating group) is 1. The van der Waals surface area contributed by atoms with Gasteiger partial charge in [0, 0.05) is 12.6 Å². The maximum atomic E-state index is 11.8. The molecular weight excluding hydrogens is 240 g/mol. The average molecular weight is 272 g/mol. The van der Waals surface area contributed by atoms with Gasteiger partial charge in [0.1, 0.15) is 6.04 Å². The van der Waals surface area contributed by atoms with E-state index in [-0.39, 0.29) is 12.0 Å². The van der Waals surface area contributed by atoms with E-state index in [1.807, 2.05) is 13.8 Å². The van der Waals surface area contributed by atoms with Crippen molar-refractivity contribution in [3.8, 4) is 0 Å². The number of nitrogens with one attached hydrogen (secondary N) is 1. The molecule has 4 nitrogen and oxygen atoms in total. The third-order valence-corrected chi connectivity index (χ3v) is 3.36. The van der Waals surface area contributed by atoms with Crippen LogP contribution in [0.5, 0.6) is 0 Å². The van der Waals surface area contributed by atoms with Crippen molar-refractivity contribution in [1.29, 1.82) is 0 Å². The molecule has 0 aliphatic carbocycles. The number of hydrogen-bond acceptors (Lipinski definition) is 4. The van der Waals surface area contributed by atoms with E-state index in [2.05, 4.69) is 38.0 Å². The molecule has 0 saturated carbocycles. The van der Waals surface area contributed by atoms with Crippen molar-refractivity contribution in [1.82, 2.24) is 10.2 Å². The predicted octanol–water partition coefficient (Wildman–Crippen LogP) is 2.28. The minimum absolute atomic E-state index is 0.130. The molecule has 2 unspecified atom stereocenters. The van der Waals surface area contributed by atoms with Crippen molar-refractivity contribution < 1.29 is 9.53 Å². The molecule has 0 heterocycles. The first-order valence-corrected chi connectivity index (χ1v) is 7.52. The summed E-state index contributed by atoms with van der Waals surface area (Å²) in [7, 11) is 2.13. The zero-order valence-corrected chi connectivity index (χ0v) is 13.5. The Bertz CT molecular complexity index is 244. The molecule has 0 bridgehead atoms. The van der Waals surface area contributed by atoms with E-state index < -0.39 is 0 Å². The predicted molar refractivity (Wildman–Crippen MR) is 80.3 cm³/mol. The summed E-state index contributed by atoms with van der Waals surface area (Å²) in [5.41, 5.74) is 0. The second-order valence-electron chi connectivity index (χ2n) is 5.61. The zero-order valence-electron chi connectivity index (χ0n) is 13.5. The highest BCUT2D eigenvalue weighted by Crippen LogP contribution is 2.10. The van der Waals surface area contributed by atoms with Crippen LogP contribution in [0.4, 0.5) is 0 Å². The van der Waals surface area contributed by atoms with Gasteiger partial charge in [-0.05, 0) is 46.2 Å². The highest BCUT2D eigenvalue weighted by molar-refractivity contribution is 5.75. The van der Waals surface area contributed by atoms with Gasteiger partial charge in [-0.3, -0.25) is 4.79 Å². The molecule has 4 heteroatoms. The van der Waals surface area contributed by atoms with Crippen LogP contribution in [0.15, 0.2) is 0 Å². The van der Waals surface area contributed by atoms with Crippen LogP contribution in [0.1, 0.15) is 47.5 Å². The van der Waals surface area contributed by atoms with Crippen molar-refractivity contribution in [3.63, 3.8) is 0 Å². The first kappa shape index (κ1) is 18.4. The Morgan fingerprint density at radius 3 is 2.37 bits per heavy atom. The molecule has 19 heavy (non-hydrogen) atoms. The Kier molecular flexibility index (Phi) is 9.88. The summed E-state index contributed by atoms with van der Waals surface area (Å²) in [6, 6.07) is 0.364. The number of rotatable bonds is 10. The number of ether oxygens (including phenoxy) is 1. The second kappa shape index (κ2) is 10.2. The molecule has 0 rings (SSSR count). The van der Waals surface area contributed by atoms with E-state index in [0.29, 0.717) is 18.6 Å². The van der Waals surface area contributed by atoms with Gasteiger partial charge < -0.3 is 15.0 Å². The van der Waals surface area contributed by atoms with E-state index in [1.54, 1.807) is 0 Å². The van der Waals surface area contributed by atoms with Crippen molar-refractivity contribution in [2.45, 2.75) is 59.5 Å². The fourth-order valence-corrected chi connectivity index (χ4v) is 2.21. The molecule has 0 amide bonds. The van der Waals surface area contributed by atoms with Crippen LogP contribution in [0, 0.1) is 5.92 Å². The lowest BCUT2D eigenvalue weighted by atomic mass is 10.0. The van der Waals surface area contributed by atoms with E-state index >= 15 is 0 Å². The Labute approximate surface area is 118 Å². The van der Waals surface area contributed by atoms with Gasteiger partial charge in [0.25, 0.3) is 0 Å². The van der Waals surface area contributed by atoms with Crippen LogP contribution in [0.3, 0.4) is 0 Å². The number of carbonyl (C=O) groups is 1. The smallest absolute Gasteiger partial charge is 0.323 e. The van der Waals surface area contributed by atoms with Gasteiger partial charge in [-0.1, -0.05) is 20.8 Å². The number of nitrogens with zero attached hydrogens (tertiary/aromatic N) is 1. The molecule has 0 radical (unpaired) electrons. The fraction of sp³-hybridized carbons (Fsp3) is 0.933. The van der Waals surface area contributed by atoms with Crippen LogP contribution in [-0.4, -0.2) is 49.7 Å². The first-order chi connectivity index (χ1) is 8.92. The van der Waals surface area contributed by atoms with Gasteiger partial charge in [0.2, 0.25) is 0 Å². The summed E-state index contributed by atoms with van der Waals surface area (Å²) in [5, 5.41) is 3.20. The van der Waals surface area contributed by atoms with Crippen molar-refractivity contribution >= 4 is 5.97 Å². The van der Waals surface area contributed by atoms with E-state index in [0.717, 1.165) is 19.5 Å². The van der Waals surface area contributed by atoms with E-state index in [1.165, 1.54) is 6.42 Å². The highest BCUT2D eigenvalue weighted by Gasteiger charge is 2.20. The lowest BCUT2D eigenvalue weighted by Crippen LogP contribution is -2.42. The Morgan fingerprint density at radius 1 is 1.26 bits per heavy atom. The summed E-state index contributed by atoms with van der Waals surface area (Å²) in [4.78, 5) is 14.1. The molecule has 2 atom stereocenters. The summed E-state index contributed by atoms with van der Waals surface area (Å²) < 4.78 is 5.09. The SMILES string of the molecule is CCNC(CCN(C)C(C)CC(C)C)C(=O)OCC. The number of esters is 1. The minimum Gasteiger partial charge on any atom is -0.465 e. The summed E-state index contributed by atoms with van der Waals surface area (Å²) >= 11 is 0. The normalized spacial score (nSPS) is 14.7. The number of carbonyl (C=O) groups excluding carboxylic acids is 1. The van der Waals surface area contributed by atoms with Gasteiger partial charge in [-0.2, -0.15) is 0 Å². The van der Waals surface area contributed by atoms with Crippen LogP contribution >= 0.6 is 0 Å². The molecule has 114 valence electrons. The molecule has 1 N–H and O–H groups in total. The van der Waals surface area contributed by atoms with Gasteiger partial charge in [-0.15, -0.1) is 0 Å². The highest BCUT2D eigenvalue weighted by atomic mass is 16.5. The van der Waals surface area contributed by atoms with Crippen molar-refractivity contribution in [3.05, 3.63) is 0 Å². The van der Waals surface area contributed by atoms with Gasteiger partial charge in [-0.25, -0.2) is 0 Å². The van der Waals surface area contributed by atoms with Crippen molar-refractivity contribution in [2.24, 2.45) is 5.92 Å². The minimum atomic E-state index is -0.182. The zero-order chi connectivity index (χ0) is 14.8. The topological polar surface area (TPSA) is 41.6 Å². The largest absolute Gasteiger partial charge is 0.465 e. The monoisotopic (exact) mass is 272 g/mol. The molecule has 0 saturated heterocycles. The molecule has 0 aromatic carbocycles. The first-order valence-electron chi connectivity index (χ1n) is 7.52. The van der Waals surface area contributed by atoms with Crippen LogP contribution in [-0.2, 0) is 9.53 Å². The Balaban J connectivity index is 4.19. The van der Waals surface area contributed by atoms with E-state index in [9.17, 15) is 4.79 Å². The lowest BCUT2D eigenvalue weighted by Gasteiger charge is -2.27. The second-order valence-corrected chi connectivity index (χ2v) is 5.61. The molecule has 0 spiro atoms. The lowest BCUT2D eigenvalue weighted by molar-refractivity contribution is -0.145. The molecule has 0 aliphatic heterocycles. The standard InChI is InChI=1S/C15H32N2O2/c1-7-16-14(15(18)19-8-2)9-10-17(6)13(5)11-12(3)4/h12-14,16H,7-11H2,1-6H3. The van der Waals surface area contributed by atoms with Gasteiger partial charge in [0.15, 0.2) is 0 Å². The van der Waals surface area contributed by atoms with E-state index in [4.69, 9.17) is 4.74 Å². The molecule has 0 fully saturated rings. The molecule has 0 aromatic heterocycles. The third kappa shape index (κ3) is 8.22. The van der Waals surface area contributed by atoms with Crippen molar-refractivity contribution in [2.75, 3.05) is 26.7 Å². The van der Waals surface area contributed by atoms with Crippen LogP contribution in [0.2, 0.25) is 0 Å². The Morgan fingerprint density at radius 2 is 1.89 bits per heavy atom. The summed E-state index contributed by atoms with van der Waals surface area (Å²) in [6.45, 7) is 12.7. The van der Waals surface area contributed by atoms with Gasteiger partial charge in [0.05, 0.1) is 6.61 Å². The molecular formula is C15H32N2O2. The van der Waals surface area contributed by atoms with Crippen LogP contribution in [0.25, 0.3) is 0 Å². The molecule has 0 aliphatic rings. The Hall–Kier alpha value is -0.610. The number of hydrogen-bond donors (Lipinski definition) is 1. The maximum Gasteiger partial charge on any atom is 0.323 e. The quantitative estimate of drug-likeness (QED) is 0.620. The summed E-state index contributed by atoms with van der Waals surface area (Å²) in [6.07, 6.45) is 1.98.